The molecule has 5 heteroatoms. The maximum Gasteiger partial charge on any atom is 0.0580 e. The third kappa shape index (κ3) is 4.75. The zero-order valence-electron chi connectivity index (χ0n) is 10.0. The van der Waals surface area contributed by atoms with Crippen LogP contribution in [0.15, 0.2) is 0 Å². The number of hydrogen-bond donors (Lipinski definition) is 4. The van der Waals surface area contributed by atoms with Gasteiger partial charge in [-0.2, -0.15) is 50.5 Å². The highest BCUT2D eigenvalue weighted by atomic mass is 32.2. The zero-order chi connectivity index (χ0) is 12.5. The quantitative estimate of drug-likeness (QED) is 0.445. The predicted molar refractivity (Wildman–Crippen MR) is 87.0 cm³/mol. The summed E-state index contributed by atoms with van der Waals surface area (Å²) in [6.07, 6.45) is 9.37. The van der Waals surface area contributed by atoms with E-state index in [0.717, 1.165) is 51.4 Å². The summed E-state index contributed by atoms with van der Waals surface area (Å²) in [6, 6.07) is 0. The normalized spacial score (nSPS) is 30.4. The van der Waals surface area contributed by atoms with Gasteiger partial charge in [0.1, 0.15) is 0 Å². The van der Waals surface area contributed by atoms with Crippen molar-refractivity contribution in [1.82, 2.24) is 0 Å². The van der Waals surface area contributed by atoms with Crippen molar-refractivity contribution in [2.45, 2.75) is 71.7 Å². The topological polar surface area (TPSA) is 9.23 Å². The number of ether oxygens (including phenoxy) is 1. The van der Waals surface area contributed by atoms with Gasteiger partial charge in [-0.05, 0) is 51.4 Å². The van der Waals surface area contributed by atoms with Crippen molar-refractivity contribution in [3.8, 4) is 0 Å². The molecule has 0 amide bonds. The van der Waals surface area contributed by atoms with E-state index in [0.29, 0.717) is 12.2 Å². The van der Waals surface area contributed by atoms with Crippen molar-refractivity contribution in [3.63, 3.8) is 0 Å². The standard InChI is InChI=1S/C12H22OS4/c14-11(15)5-1-9(2-6-11)13-10-3-7-12(16,17)8-4-10/h9-10,14-17H,1-8H2. The highest BCUT2D eigenvalue weighted by molar-refractivity contribution is 8.00. The molecule has 0 saturated heterocycles. The van der Waals surface area contributed by atoms with Gasteiger partial charge in [0.2, 0.25) is 0 Å². The van der Waals surface area contributed by atoms with E-state index in [1.165, 1.54) is 0 Å². The van der Waals surface area contributed by atoms with E-state index >= 15 is 0 Å². The molecule has 1 nitrogen and oxygen atoms in total. The highest BCUT2D eigenvalue weighted by Crippen LogP contribution is 2.41. The van der Waals surface area contributed by atoms with Crippen molar-refractivity contribution < 1.29 is 4.74 Å². The fraction of sp³-hybridized carbons (Fsp3) is 1.00. The fourth-order valence-corrected chi connectivity index (χ4v) is 3.68. The highest BCUT2D eigenvalue weighted by Gasteiger charge is 2.33. The van der Waals surface area contributed by atoms with Crippen LogP contribution in [0.25, 0.3) is 0 Å². The minimum absolute atomic E-state index is 0.0717. The van der Waals surface area contributed by atoms with Gasteiger partial charge in [0.05, 0.1) is 20.4 Å². The Morgan fingerprint density at radius 2 is 0.941 bits per heavy atom. The van der Waals surface area contributed by atoms with Gasteiger partial charge in [0.15, 0.2) is 0 Å². The Morgan fingerprint density at radius 3 is 1.24 bits per heavy atom. The first-order valence-electron chi connectivity index (χ1n) is 6.41. The maximum atomic E-state index is 6.18. The fourth-order valence-electron chi connectivity index (χ4n) is 2.65. The number of rotatable bonds is 2. The number of thiol groups is 4. The van der Waals surface area contributed by atoms with Crippen LogP contribution in [-0.2, 0) is 4.74 Å². The van der Waals surface area contributed by atoms with Crippen LogP contribution < -0.4 is 0 Å². The minimum Gasteiger partial charge on any atom is -0.375 e. The second kappa shape index (κ2) is 5.78. The molecule has 0 aromatic carbocycles. The van der Waals surface area contributed by atoms with Crippen LogP contribution in [-0.4, -0.2) is 20.4 Å². The van der Waals surface area contributed by atoms with E-state index in [1.54, 1.807) is 0 Å². The maximum absolute atomic E-state index is 6.18. The molecular formula is C12H22OS4. The summed E-state index contributed by atoms with van der Waals surface area (Å²) in [5.74, 6) is 0. The van der Waals surface area contributed by atoms with E-state index in [2.05, 4.69) is 50.5 Å². The smallest absolute Gasteiger partial charge is 0.0580 e. The summed E-state index contributed by atoms with van der Waals surface area (Å²) in [5, 5.41) is 0. The van der Waals surface area contributed by atoms with Crippen LogP contribution in [0.3, 0.4) is 0 Å². The van der Waals surface area contributed by atoms with Gasteiger partial charge in [-0.1, -0.05) is 0 Å². The molecule has 0 atom stereocenters. The molecule has 0 spiro atoms. The van der Waals surface area contributed by atoms with Crippen molar-refractivity contribution in [2.24, 2.45) is 0 Å². The molecule has 2 aliphatic carbocycles. The molecule has 0 aliphatic heterocycles. The molecule has 2 aliphatic rings. The Labute approximate surface area is 126 Å². The SMILES string of the molecule is SC1(S)CCC(OC2CCC(S)(S)CC2)CC1. The van der Waals surface area contributed by atoms with Crippen LogP contribution in [0.1, 0.15) is 51.4 Å². The van der Waals surface area contributed by atoms with Crippen molar-refractivity contribution >= 4 is 50.5 Å². The number of hydrogen-bond acceptors (Lipinski definition) is 5. The first kappa shape index (κ1) is 14.8. The second-order valence-corrected chi connectivity index (χ2v) is 9.63. The van der Waals surface area contributed by atoms with E-state index < -0.39 is 0 Å². The largest absolute Gasteiger partial charge is 0.375 e. The Hall–Kier alpha value is 1.36. The monoisotopic (exact) mass is 310 g/mol. The molecule has 100 valence electrons. The summed E-state index contributed by atoms with van der Waals surface area (Å²) >= 11 is 18.1. The summed E-state index contributed by atoms with van der Waals surface area (Å²) in [6.45, 7) is 0. The van der Waals surface area contributed by atoms with E-state index in [4.69, 9.17) is 4.74 Å². The molecule has 0 aromatic rings. The summed E-state index contributed by atoms with van der Waals surface area (Å²) in [5.41, 5.74) is 0. The van der Waals surface area contributed by atoms with Crippen molar-refractivity contribution in [3.05, 3.63) is 0 Å². The molecule has 0 unspecified atom stereocenters. The lowest BCUT2D eigenvalue weighted by atomic mass is 9.93. The molecule has 0 radical (unpaired) electrons. The van der Waals surface area contributed by atoms with E-state index in [9.17, 15) is 0 Å². The summed E-state index contributed by atoms with van der Waals surface area (Å²) < 4.78 is 6.04. The Kier molecular flexibility index (Phi) is 5.02. The van der Waals surface area contributed by atoms with Gasteiger partial charge < -0.3 is 4.74 Å². The Balaban J connectivity index is 1.72. The van der Waals surface area contributed by atoms with Crippen LogP contribution in [0.4, 0.5) is 0 Å². The van der Waals surface area contributed by atoms with Crippen LogP contribution in [0, 0.1) is 0 Å². The summed E-state index contributed by atoms with van der Waals surface area (Å²) in [7, 11) is 0. The van der Waals surface area contributed by atoms with E-state index in [1.807, 2.05) is 0 Å². The summed E-state index contributed by atoms with van der Waals surface area (Å²) in [4.78, 5) is 0. The third-order valence-electron chi connectivity index (χ3n) is 3.85. The predicted octanol–water partition coefficient (Wildman–Crippen LogP) is 4.00. The Bertz CT molecular complexity index is 221. The molecule has 2 saturated carbocycles. The molecule has 17 heavy (non-hydrogen) atoms. The average Bonchev–Trinajstić information content (AvgIpc) is 2.24. The van der Waals surface area contributed by atoms with Gasteiger partial charge in [0.25, 0.3) is 0 Å². The zero-order valence-corrected chi connectivity index (χ0v) is 13.6. The lowest BCUT2D eigenvalue weighted by Crippen LogP contribution is -2.34. The molecule has 0 N–H and O–H groups in total. The molecule has 0 heterocycles. The molecule has 2 fully saturated rings. The van der Waals surface area contributed by atoms with Gasteiger partial charge in [-0.25, -0.2) is 0 Å². The van der Waals surface area contributed by atoms with Crippen molar-refractivity contribution in [2.75, 3.05) is 0 Å². The molecule has 0 bridgehead atoms. The van der Waals surface area contributed by atoms with Gasteiger partial charge in [-0.3, -0.25) is 0 Å². The van der Waals surface area contributed by atoms with Crippen LogP contribution in [0.5, 0.6) is 0 Å². The van der Waals surface area contributed by atoms with Gasteiger partial charge >= 0.3 is 0 Å². The Morgan fingerprint density at radius 1 is 0.647 bits per heavy atom. The van der Waals surface area contributed by atoms with E-state index in [-0.39, 0.29) is 8.16 Å². The third-order valence-corrected chi connectivity index (χ3v) is 5.64. The van der Waals surface area contributed by atoms with Crippen LogP contribution >= 0.6 is 50.5 Å². The molecule has 2 rings (SSSR count). The van der Waals surface area contributed by atoms with Crippen LogP contribution in [0.2, 0.25) is 0 Å². The lowest BCUT2D eigenvalue weighted by Gasteiger charge is -2.38. The van der Waals surface area contributed by atoms with Gasteiger partial charge in [0, 0.05) is 0 Å². The molecule has 0 aromatic heterocycles. The lowest BCUT2D eigenvalue weighted by molar-refractivity contribution is -0.0455. The molecular weight excluding hydrogens is 288 g/mol. The van der Waals surface area contributed by atoms with Crippen molar-refractivity contribution in [1.29, 1.82) is 0 Å². The first-order chi connectivity index (χ1) is 7.86. The van der Waals surface area contributed by atoms with Gasteiger partial charge in [-0.15, -0.1) is 0 Å². The minimum atomic E-state index is -0.0717. The average molecular weight is 311 g/mol. The second-order valence-electron chi connectivity index (χ2n) is 5.50. The first-order valence-corrected chi connectivity index (χ1v) is 8.20.